The summed E-state index contributed by atoms with van der Waals surface area (Å²) in [6, 6.07) is 5.04. The molecule has 1 aromatic rings. The lowest BCUT2D eigenvalue weighted by Gasteiger charge is -2.33. The molecular weight excluding hydrogens is 294 g/mol. The molecule has 0 aromatic heterocycles. The normalized spacial score (nSPS) is 17.0. The van der Waals surface area contributed by atoms with Gasteiger partial charge in [-0.3, -0.25) is 4.79 Å². The zero-order chi connectivity index (χ0) is 16.2. The Morgan fingerprint density at radius 1 is 1.45 bits per heavy atom. The van der Waals surface area contributed by atoms with Crippen molar-refractivity contribution in [3.63, 3.8) is 0 Å². The molecule has 1 aliphatic carbocycles. The number of rotatable bonds is 6. The van der Waals surface area contributed by atoms with E-state index in [1.54, 1.807) is 0 Å². The van der Waals surface area contributed by atoms with Crippen LogP contribution in [0.2, 0.25) is 0 Å². The van der Waals surface area contributed by atoms with Crippen LogP contribution in [-0.2, 0) is 4.79 Å². The Morgan fingerprint density at radius 3 is 2.73 bits per heavy atom. The van der Waals surface area contributed by atoms with Gasteiger partial charge < -0.3 is 15.2 Å². The Hall–Kier alpha value is -2.20. The predicted molar refractivity (Wildman–Crippen MR) is 72.8 cm³/mol. The van der Waals surface area contributed by atoms with Gasteiger partial charge in [0.1, 0.15) is 23.9 Å². The molecule has 0 spiro atoms. The molecule has 22 heavy (non-hydrogen) atoms. The van der Waals surface area contributed by atoms with Crippen molar-refractivity contribution in [2.75, 3.05) is 13.2 Å². The van der Waals surface area contributed by atoms with Gasteiger partial charge >= 0.3 is 0 Å². The van der Waals surface area contributed by atoms with Gasteiger partial charge in [0.05, 0.1) is 6.07 Å². The second-order valence-corrected chi connectivity index (χ2v) is 5.30. The van der Waals surface area contributed by atoms with E-state index in [4.69, 9.17) is 10.00 Å². The summed E-state index contributed by atoms with van der Waals surface area (Å²) in [4.78, 5) is 11.9. The lowest BCUT2D eigenvalue weighted by Crippen LogP contribution is -2.47. The number of nitrogens with one attached hydrogen (secondary N) is 1. The second-order valence-electron chi connectivity index (χ2n) is 5.30. The van der Waals surface area contributed by atoms with Crippen molar-refractivity contribution in [3.8, 4) is 11.8 Å². The number of nitrogens with zero attached hydrogens (tertiary/aromatic N) is 1. The van der Waals surface area contributed by atoms with Gasteiger partial charge in [-0.2, -0.15) is 5.26 Å². The minimum atomic E-state index is -1.04. The SMILES string of the molecule is N#CC1(C(=O)NCC(O)COc2ccc(F)c(F)c2)CCC1. The maximum atomic E-state index is 13.0. The third-order valence-electron chi connectivity index (χ3n) is 3.69. The van der Waals surface area contributed by atoms with Crippen LogP contribution in [0.15, 0.2) is 18.2 Å². The quantitative estimate of drug-likeness (QED) is 0.834. The molecule has 0 aliphatic heterocycles. The first-order valence-corrected chi connectivity index (χ1v) is 6.92. The van der Waals surface area contributed by atoms with E-state index in [0.717, 1.165) is 18.6 Å². The fourth-order valence-electron chi connectivity index (χ4n) is 2.12. The Labute approximate surface area is 126 Å². The lowest BCUT2D eigenvalue weighted by molar-refractivity contribution is -0.132. The molecule has 1 unspecified atom stereocenters. The molecule has 1 atom stereocenters. The van der Waals surface area contributed by atoms with Gasteiger partial charge in [-0.05, 0) is 31.4 Å². The third kappa shape index (κ3) is 3.52. The second kappa shape index (κ2) is 6.71. The Bertz CT molecular complexity index is 597. The molecule has 0 bridgehead atoms. The number of aliphatic hydroxyl groups excluding tert-OH is 1. The molecule has 0 heterocycles. The van der Waals surface area contributed by atoms with E-state index in [0.29, 0.717) is 12.8 Å². The van der Waals surface area contributed by atoms with Crippen LogP contribution in [0.1, 0.15) is 19.3 Å². The summed E-state index contributed by atoms with van der Waals surface area (Å²) in [7, 11) is 0. The standard InChI is InChI=1S/C15H16F2N2O3/c16-12-3-2-11(6-13(12)17)22-8-10(20)7-19-14(21)15(9-18)4-1-5-15/h2-3,6,10,20H,1,4-5,7-8H2,(H,19,21). The average molecular weight is 310 g/mol. The third-order valence-corrected chi connectivity index (χ3v) is 3.69. The van der Waals surface area contributed by atoms with E-state index < -0.39 is 29.1 Å². The zero-order valence-electron chi connectivity index (χ0n) is 11.8. The van der Waals surface area contributed by atoms with E-state index in [1.165, 1.54) is 6.07 Å². The van der Waals surface area contributed by atoms with Crippen molar-refractivity contribution >= 4 is 5.91 Å². The monoisotopic (exact) mass is 310 g/mol. The zero-order valence-corrected chi connectivity index (χ0v) is 11.8. The number of benzene rings is 1. The van der Waals surface area contributed by atoms with Gasteiger partial charge in [0.25, 0.3) is 0 Å². The number of nitriles is 1. The highest BCUT2D eigenvalue weighted by molar-refractivity contribution is 5.86. The topological polar surface area (TPSA) is 82.4 Å². The molecule has 0 saturated heterocycles. The largest absolute Gasteiger partial charge is 0.491 e. The van der Waals surface area contributed by atoms with E-state index in [1.807, 2.05) is 6.07 Å². The van der Waals surface area contributed by atoms with Crippen molar-refractivity contribution in [1.82, 2.24) is 5.32 Å². The number of carbonyl (C=O) groups excluding carboxylic acids is 1. The van der Waals surface area contributed by atoms with E-state index in [-0.39, 0.29) is 18.9 Å². The smallest absolute Gasteiger partial charge is 0.240 e. The molecular formula is C15H16F2N2O3. The predicted octanol–water partition coefficient (Wildman–Crippen LogP) is 1.51. The van der Waals surface area contributed by atoms with Gasteiger partial charge in [-0.15, -0.1) is 0 Å². The van der Waals surface area contributed by atoms with E-state index >= 15 is 0 Å². The summed E-state index contributed by atoms with van der Waals surface area (Å²) in [5.74, 6) is -2.34. The van der Waals surface area contributed by atoms with Crippen molar-refractivity contribution in [1.29, 1.82) is 5.26 Å². The molecule has 2 N–H and O–H groups in total. The molecule has 1 amide bonds. The van der Waals surface area contributed by atoms with Crippen molar-refractivity contribution < 1.29 is 23.4 Å². The summed E-state index contributed by atoms with van der Waals surface area (Å²) in [5, 5.41) is 21.2. The highest BCUT2D eigenvalue weighted by atomic mass is 19.2. The number of amides is 1. The number of aliphatic hydroxyl groups is 1. The molecule has 1 aromatic carbocycles. The van der Waals surface area contributed by atoms with Crippen LogP contribution in [0.4, 0.5) is 8.78 Å². The fourth-order valence-corrected chi connectivity index (χ4v) is 2.12. The van der Waals surface area contributed by atoms with Gasteiger partial charge in [0, 0.05) is 12.6 Å². The first-order valence-electron chi connectivity index (χ1n) is 6.92. The van der Waals surface area contributed by atoms with Crippen LogP contribution in [0.3, 0.4) is 0 Å². The fraction of sp³-hybridized carbons (Fsp3) is 0.467. The Balaban J connectivity index is 1.76. The van der Waals surface area contributed by atoms with Crippen LogP contribution in [0.5, 0.6) is 5.75 Å². The van der Waals surface area contributed by atoms with Crippen LogP contribution in [-0.4, -0.2) is 30.3 Å². The highest BCUT2D eigenvalue weighted by Gasteiger charge is 2.44. The van der Waals surface area contributed by atoms with Crippen LogP contribution < -0.4 is 10.1 Å². The number of halogens is 2. The minimum absolute atomic E-state index is 0.0774. The van der Waals surface area contributed by atoms with Gasteiger partial charge in [-0.1, -0.05) is 0 Å². The van der Waals surface area contributed by atoms with Crippen LogP contribution >= 0.6 is 0 Å². The van der Waals surface area contributed by atoms with E-state index in [9.17, 15) is 18.7 Å². The molecule has 7 heteroatoms. The Morgan fingerprint density at radius 2 is 2.18 bits per heavy atom. The summed E-state index contributed by atoms with van der Waals surface area (Å²) >= 11 is 0. The van der Waals surface area contributed by atoms with Gasteiger partial charge in [-0.25, -0.2) is 8.78 Å². The molecule has 118 valence electrons. The summed E-state index contributed by atoms with van der Waals surface area (Å²) in [5.41, 5.74) is -0.972. The lowest BCUT2D eigenvalue weighted by atomic mass is 9.69. The maximum Gasteiger partial charge on any atom is 0.240 e. The van der Waals surface area contributed by atoms with Gasteiger partial charge in [0.2, 0.25) is 5.91 Å². The van der Waals surface area contributed by atoms with Crippen molar-refractivity contribution in [2.24, 2.45) is 5.41 Å². The molecule has 1 fully saturated rings. The minimum Gasteiger partial charge on any atom is -0.491 e. The molecule has 5 nitrogen and oxygen atoms in total. The van der Waals surface area contributed by atoms with Crippen LogP contribution in [0.25, 0.3) is 0 Å². The van der Waals surface area contributed by atoms with Crippen molar-refractivity contribution in [2.45, 2.75) is 25.4 Å². The van der Waals surface area contributed by atoms with Crippen LogP contribution in [0, 0.1) is 28.4 Å². The maximum absolute atomic E-state index is 13.0. The number of hydrogen-bond acceptors (Lipinski definition) is 4. The number of ether oxygens (including phenoxy) is 1. The number of carbonyl (C=O) groups is 1. The molecule has 2 rings (SSSR count). The Kier molecular flexibility index (Phi) is 4.93. The number of hydrogen-bond donors (Lipinski definition) is 2. The highest BCUT2D eigenvalue weighted by Crippen LogP contribution is 2.40. The summed E-state index contributed by atoms with van der Waals surface area (Å²) < 4.78 is 30.8. The molecule has 1 aliphatic rings. The van der Waals surface area contributed by atoms with Gasteiger partial charge in [0.15, 0.2) is 11.6 Å². The van der Waals surface area contributed by atoms with E-state index in [2.05, 4.69) is 5.32 Å². The van der Waals surface area contributed by atoms with Crippen molar-refractivity contribution in [3.05, 3.63) is 29.8 Å². The summed E-state index contributed by atoms with van der Waals surface area (Å²) in [6.07, 6.45) is 0.865. The first kappa shape index (κ1) is 16.2. The first-order chi connectivity index (χ1) is 10.5. The molecule has 0 radical (unpaired) electrons. The average Bonchev–Trinajstić information content (AvgIpc) is 2.46. The summed E-state index contributed by atoms with van der Waals surface area (Å²) in [6.45, 7) is -0.267. The molecule has 1 saturated carbocycles.